The summed E-state index contributed by atoms with van der Waals surface area (Å²) in [7, 11) is 0. The first-order valence-corrected chi connectivity index (χ1v) is 6.36. The van der Waals surface area contributed by atoms with Gasteiger partial charge in [0.2, 0.25) is 0 Å². The zero-order chi connectivity index (χ0) is 12.3. The van der Waals surface area contributed by atoms with Crippen molar-refractivity contribution in [3.8, 4) is 5.75 Å². The highest BCUT2D eigenvalue weighted by Gasteiger charge is 2.16. The van der Waals surface area contributed by atoms with Crippen LogP contribution in [0.15, 0.2) is 22.7 Å². The number of piperidine rings is 1. The predicted octanol–water partition coefficient (Wildman–Crippen LogP) is 2.28. The number of hydrogen-bond donors (Lipinski definition) is 2. The average molecular weight is 300 g/mol. The maximum Gasteiger partial charge on any atom is 0.335 e. The molecule has 4 nitrogen and oxygen atoms in total. The van der Waals surface area contributed by atoms with E-state index >= 15 is 0 Å². The van der Waals surface area contributed by atoms with E-state index in [-0.39, 0.29) is 11.7 Å². The summed E-state index contributed by atoms with van der Waals surface area (Å²) < 4.78 is 6.53. The van der Waals surface area contributed by atoms with E-state index < -0.39 is 5.97 Å². The molecule has 0 saturated carbocycles. The molecule has 0 unspecified atom stereocenters. The van der Waals surface area contributed by atoms with Gasteiger partial charge in [-0.05, 0) is 60.1 Å². The van der Waals surface area contributed by atoms with Gasteiger partial charge < -0.3 is 15.2 Å². The van der Waals surface area contributed by atoms with Gasteiger partial charge in [-0.15, -0.1) is 0 Å². The molecule has 0 amide bonds. The fourth-order valence-electron chi connectivity index (χ4n) is 1.82. The van der Waals surface area contributed by atoms with E-state index in [1.807, 2.05) is 0 Å². The molecular formula is C12H14BrNO3. The molecular weight excluding hydrogens is 286 g/mol. The third-order valence-electron chi connectivity index (χ3n) is 2.76. The van der Waals surface area contributed by atoms with Crippen LogP contribution in [0.2, 0.25) is 0 Å². The first kappa shape index (κ1) is 12.4. The number of benzene rings is 1. The molecule has 1 heterocycles. The molecule has 1 aliphatic heterocycles. The van der Waals surface area contributed by atoms with Crippen LogP contribution in [0.4, 0.5) is 0 Å². The molecule has 0 atom stereocenters. The fourth-order valence-corrected chi connectivity index (χ4v) is 2.29. The number of aromatic carboxylic acids is 1. The number of rotatable bonds is 3. The van der Waals surface area contributed by atoms with Gasteiger partial charge >= 0.3 is 5.97 Å². The lowest BCUT2D eigenvalue weighted by Crippen LogP contribution is -2.34. The lowest BCUT2D eigenvalue weighted by Gasteiger charge is -2.24. The van der Waals surface area contributed by atoms with Gasteiger partial charge in [-0.2, -0.15) is 0 Å². The number of nitrogens with one attached hydrogen (secondary N) is 1. The number of halogens is 1. The maximum atomic E-state index is 10.8. The molecule has 0 aromatic heterocycles. The normalized spacial score (nSPS) is 16.8. The molecule has 1 saturated heterocycles. The summed E-state index contributed by atoms with van der Waals surface area (Å²) in [4.78, 5) is 10.8. The summed E-state index contributed by atoms with van der Waals surface area (Å²) in [5, 5.41) is 12.1. The standard InChI is InChI=1S/C12H14BrNO3/c13-10-7-8(12(15)16)1-2-11(10)17-9-3-5-14-6-4-9/h1-2,7,9,14H,3-6H2,(H,15,16). The molecule has 2 rings (SSSR count). The molecule has 5 heteroatoms. The molecule has 0 spiro atoms. The van der Waals surface area contributed by atoms with Crippen LogP contribution in [0, 0.1) is 0 Å². The van der Waals surface area contributed by atoms with Gasteiger partial charge in [0.1, 0.15) is 11.9 Å². The number of carbonyl (C=O) groups is 1. The Morgan fingerprint density at radius 3 is 2.71 bits per heavy atom. The van der Waals surface area contributed by atoms with Crippen LogP contribution in [-0.2, 0) is 0 Å². The Bertz CT molecular complexity index is 416. The molecule has 92 valence electrons. The van der Waals surface area contributed by atoms with Crippen molar-refractivity contribution in [2.75, 3.05) is 13.1 Å². The highest BCUT2D eigenvalue weighted by molar-refractivity contribution is 9.10. The molecule has 2 N–H and O–H groups in total. The Balaban J connectivity index is 2.08. The highest BCUT2D eigenvalue weighted by Crippen LogP contribution is 2.28. The highest BCUT2D eigenvalue weighted by atomic mass is 79.9. The van der Waals surface area contributed by atoms with Gasteiger partial charge in [0.05, 0.1) is 10.0 Å². The number of carboxylic acids is 1. The van der Waals surface area contributed by atoms with Crippen LogP contribution in [-0.4, -0.2) is 30.3 Å². The van der Waals surface area contributed by atoms with Crippen LogP contribution in [0.25, 0.3) is 0 Å². The summed E-state index contributed by atoms with van der Waals surface area (Å²) >= 11 is 3.34. The van der Waals surface area contributed by atoms with Gasteiger partial charge in [0, 0.05) is 0 Å². The minimum atomic E-state index is -0.931. The molecule has 1 aliphatic rings. The van der Waals surface area contributed by atoms with Crippen molar-refractivity contribution in [3.05, 3.63) is 28.2 Å². The van der Waals surface area contributed by atoms with Crippen LogP contribution in [0.5, 0.6) is 5.75 Å². The summed E-state index contributed by atoms with van der Waals surface area (Å²) in [6.07, 6.45) is 2.17. The number of ether oxygens (including phenoxy) is 1. The van der Waals surface area contributed by atoms with Gasteiger partial charge in [0.15, 0.2) is 0 Å². The molecule has 17 heavy (non-hydrogen) atoms. The maximum absolute atomic E-state index is 10.8. The lowest BCUT2D eigenvalue weighted by atomic mass is 10.1. The van der Waals surface area contributed by atoms with Crippen molar-refractivity contribution in [1.29, 1.82) is 0 Å². The Labute approximate surface area is 108 Å². The quantitative estimate of drug-likeness (QED) is 0.899. The molecule has 0 radical (unpaired) electrons. The topological polar surface area (TPSA) is 58.6 Å². The Morgan fingerprint density at radius 2 is 2.12 bits per heavy atom. The molecule has 1 aromatic rings. The molecule has 0 aliphatic carbocycles. The zero-order valence-electron chi connectivity index (χ0n) is 9.28. The first-order valence-electron chi connectivity index (χ1n) is 5.57. The van der Waals surface area contributed by atoms with Crippen molar-refractivity contribution in [2.24, 2.45) is 0 Å². The smallest absolute Gasteiger partial charge is 0.335 e. The van der Waals surface area contributed by atoms with E-state index in [4.69, 9.17) is 9.84 Å². The first-order chi connectivity index (χ1) is 8.16. The monoisotopic (exact) mass is 299 g/mol. The molecule has 1 fully saturated rings. The second-order valence-electron chi connectivity index (χ2n) is 4.02. The summed E-state index contributed by atoms with van der Waals surface area (Å²) in [5.41, 5.74) is 0.259. The third kappa shape index (κ3) is 3.20. The van der Waals surface area contributed by atoms with E-state index in [1.165, 1.54) is 0 Å². The van der Waals surface area contributed by atoms with Crippen LogP contribution in [0.3, 0.4) is 0 Å². The van der Waals surface area contributed by atoms with Crippen molar-refractivity contribution in [2.45, 2.75) is 18.9 Å². The number of hydrogen-bond acceptors (Lipinski definition) is 3. The Morgan fingerprint density at radius 1 is 1.41 bits per heavy atom. The van der Waals surface area contributed by atoms with Crippen molar-refractivity contribution < 1.29 is 14.6 Å². The lowest BCUT2D eigenvalue weighted by molar-refractivity contribution is 0.0696. The van der Waals surface area contributed by atoms with Crippen LogP contribution < -0.4 is 10.1 Å². The van der Waals surface area contributed by atoms with E-state index in [2.05, 4.69) is 21.2 Å². The van der Waals surface area contributed by atoms with Crippen molar-refractivity contribution in [3.63, 3.8) is 0 Å². The van der Waals surface area contributed by atoms with Gasteiger partial charge in [-0.3, -0.25) is 0 Å². The molecule has 1 aromatic carbocycles. The Hall–Kier alpha value is -1.07. The van der Waals surface area contributed by atoms with Gasteiger partial charge in [-0.1, -0.05) is 0 Å². The van der Waals surface area contributed by atoms with Crippen LogP contribution in [0.1, 0.15) is 23.2 Å². The number of carboxylic acid groups (broad SMARTS) is 1. The fraction of sp³-hybridized carbons (Fsp3) is 0.417. The van der Waals surface area contributed by atoms with E-state index in [0.717, 1.165) is 25.9 Å². The van der Waals surface area contributed by atoms with E-state index in [0.29, 0.717) is 10.2 Å². The SMILES string of the molecule is O=C(O)c1ccc(OC2CCNCC2)c(Br)c1. The minimum Gasteiger partial charge on any atom is -0.489 e. The molecule has 0 bridgehead atoms. The van der Waals surface area contributed by atoms with E-state index in [1.54, 1.807) is 18.2 Å². The second-order valence-corrected chi connectivity index (χ2v) is 4.87. The third-order valence-corrected chi connectivity index (χ3v) is 3.38. The van der Waals surface area contributed by atoms with Gasteiger partial charge in [0.25, 0.3) is 0 Å². The van der Waals surface area contributed by atoms with Crippen molar-refractivity contribution >= 4 is 21.9 Å². The summed E-state index contributed by atoms with van der Waals surface area (Å²) in [6.45, 7) is 1.94. The van der Waals surface area contributed by atoms with Crippen LogP contribution >= 0.6 is 15.9 Å². The zero-order valence-corrected chi connectivity index (χ0v) is 10.9. The second kappa shape index (κ2) is 5.51. The van der Waals surface area contributed by atoms with Gasteiger partial charge in [-0.25, -0.2) is 4.79 Å². The average Bonchev–Trinajstić information content (AvgIpc) is 2.33. The predicted molar refractivity (Wildman–Crippen MR) is 67.6 cm³/mol. The van der Waals surface area contributed by atoms with Crippen molar-refractivity contribution in [1.82, 2.24) is 5.32 Å². The van der Waals surface area contributed by atoms with E-state index in [9.17, 15) is 4.79 Å². The largest absolute Gasteiger partial charge is 0.489 e. The Kier molecular flexibility index (Phi) is 4.02. The minimum absolute atomic E-state index is 0.211. The summed E-state index contributed by atoms with van der Waals surface area (Å²) in [5.74, 6) is -0.221. The summed E-state index contributed by atoms with van der Waals surface area (Å²) in [6, 6.07) is 4.83.